The van der Waals surface area contributed by atoms with E-state index in [0.29, 0.717) is 22.6 Å². The molecular formula is C16H11NO5S. The van der Waals surface area contributed by atoms with E-state index in [-0.39, 0.29) is 10.5 Å². The molecule has 0 unspecified atom stereocenters. The van der Waals surface area contributed by atoms with Crippen LogP contribution >= 0.6 is 11.8 Å². The normalized spacial score (nSPS) is 16.0. The minimum absolute atomic E-state index is 0.204. The van der Waals surface area contributed by atoms with Gasteiger partial charge < -0.3 is 9.52 Å². The standard InChI is InChI=1S/C16H11NO5S/c1-8-2-3-9(6-11(8)15(19)20)12-5-4-10(22-12)7-13-14(18)17-16(21)23-13/h2-7H,1H3,(H,19,20)(H,17,18,21)/b13-7+. The number of imide groups is 1. The van der Waals surface area contributed by atoms with Gasteiger partial charge in [-0.1, -0.05) is 12.1 Å². The first-order valence-electron chi connectivity index (χ1n) is 6.63. The van der Waals surface area contributed by atoms with Gasteiger partial charge in [0.25, 0.3) is 11.1 Å². The first kappa shape index (κ1) is 15.1. The van der Waals surface area contributed by atoms with Crippen molar-refractivity contribution in [3.8, 4) is 11.3 Å². The van der Waals surface area contributed by atoms with E-state index in [2.05, 4.69) is 5.32 Å². The fraction of sp³-hybridized carbons (Fsp3) is 0.0625. The van der Waals surface area contributed by atoms with Crippen LogP contribution in [-0.2, 0) is 4.79 Å². The van der Waals surface area contributed by atoms with Crippen LogP contribution in [0.25, 0.3) is 17.4 Å². The topological polar surface area (TPSA) is 96.6 Å². The zero-order valence-electron chi connectivity index (χ0n) is 12.0. The Hall–Kier alpha value is -2.80. The summed E-state index contributed by atoms with van der Waals surface area (Å²) >= 11 is 0.806. The van der Waals surface area contributed by atoms with E-state index in [0.717, 1.165) is 11.8 Å². The number of carbonyl (C=O) groups is 3. The summed E-state index contributed by atoms with van der Waals surface area (Å²) in [6.07, 6.45) is 1.47. The van der Waals surface area contributed by atoms with E-state index < -0.39 is 17.1 Å². The van der Waals surface area contributed by atoms with Gasteiger partial charge in [0.2, 0.25) is 0 Å². The summed E-state index contributed by atoms with van der Waals surface area (Å²) in [6, 6.07) is 8.34. The third-order valence-electron chi connectivity index (χ3n) is 3.29. The lowest BCUT2D eigenvalue weighted by Crippen LogP contribution is -2.17. The molecule has 0 bridgehead atoms. The third kappa shape index (κ3) is 3.04. The smallest absolute Gasteiger partial charge is 0.335 e. The SMILES string of the molecule is Cc1ccc(-c2ccc(/C=C3/SC(=O)NC3=O)o2)cc1C(=O)O. The van der Waals surface area contributed by atoms with Crippen LogP contribution in [-0.4, -0.2) is 22.2 Å². The fourth-order valence-electron chi connectivity index (χ4n) is 2.14. The van der Waals surface area contributed by atoms with Crippen molar-refractivity contribution < 1.29 is 23.9 Å². The Morgan fingerprint density at radius 1 is 1.26 bits per heavy atom. The van der Waals surface area contributed by atoms with Gasteiger partial charge in [-0.2, -0.15) is 0 Å². The first-order valence-corrected chi connectivity index (χ1v) is 7.45. The maximum absolute atomic E-state index is 11.5. The van der Waals surface area contributed by atoms with Crippen molar-refractivity contribution in [1.82, 2.24) is 5.32 Å². The molecule has 6 nitrogen and oxygen atoms in total. The molecule has 3 rings (SSSR count). The number of amides is 2. The van der Waals surface area contributed by atoms with Gasteiger partial charge in [0.15, 0.2) is 0 Å². The minimum atomic E-state index is -1.00. The number of thioether (sulfide) groups is 1. The number of hydrogen-bond acceptors (Lipinski definition) is 5. The number of rotatable bonds is 3. The van der Waals surface area contributed by atoms with Gasteiger partial charge in [0, 0.05) is 11.6 Å². The van der Waals surface area contributed by atoms with Gasteiger partial charge in [-0.05, 0) is 42.4 Å². The summed E-state index contributed by atoms with van der Waals surface area (Å²) in [5.41, 5.74) is 1.49. The lowest BCUT2D eigenvalue weighted by Gasteiger charge is -2.03. The maximum Gasteiger partial charge on any atom is 0.335 e. The Balaban J connectivity index is 1.92. The van der Waals surface area contributed by atoms with E-state index in [1.165, 1.54) is 12.1 Å². The molecule has 1 aromatic heterocycles. The van der Waals surface area contributed by atoms with Gasteiger partial charge in [0.05, 0.1) is 10.5 Å². The van der Waals surface area contributed by atoms with E-state index in [4.69, 9.17) is 9.52 Å². The molecule has 0 aliphatic carbocycles. The van der Waals surface area contributed by atoms with E-state index in [9.17, 15) is 14.4 Å². The van der Waals surface area contributed by atoms with E-state index in [1.54, 1.807) is 31.2 Å². The van der Waals surface area contributed by atoms with Gasteiger partial charge >= 0.3 is 5.97 Å². The molecule has 1 aromatic carbocycles. The molecule has 2 heterocycles. The summed E-state index contributed by atoms with van der Waals surface area (Å²) in [5, 5.41) is 10.9. The summed E-state index contributed by atoms with van der Waals surface area (Å²) in [7, 11) is 0. The number of hydrogen-bond donors (Lipinski definition) is 2. The molecule has 1 aliphatic rings. The summed E-state index contributed by atoms with van der Waals surface area (Å²) in [4.78, 5) is 34.1. The summed E-state index contributed by atoms with van der Waals surface area (Å²) in [5.74, 6) is -0.573. The molecule has 23 heavy (non-hydrogen) atoms. The Labute approximate surface area is 135 Å². The highest BCUT2D eigenvalue weighted by molar-refractivity contribution is 8.18. The monoisotopic (exact) mass is 329 g/mol. The molecule has 0 radical (unpaired) electrons. The Bertz CT molecular complexity index is 865. The number of aryl methyl sites for hydroxylation is 1. The average Bonchev–Trinajstić information content (AvgIpc) is 3.06. The van der Waals surface area contributed by atoms with Crippen molar-refractivity contribution in [2.24, 2.45) is 0 Å². The van der Waals surface area contributed by atoms with Crippen molar-refractivity contribution in [2.45, 2.75) is 6.92 Å². The van der Waals surface area contributed by atoms with Crippen LogP contribution in [0.3, 0.4) is 0 Å². The minimum Gasteiger partial charge on any atom is -0.478 e. The second kappa shape index (κ2) is 5.77. The van der Waals surface area contributed by atoms with Crippen LogP contribution < -0.4 is 5.32 Å². The van der Waals surface area contributed by atoms with Crippen LogP contribution in [0.2, 0.25) is 0 Å². The first-order chi connectivity index (χ1) is 10.9. The number of carboxylic acids is 1. The van der Waals surface area contributed by atoms with Crippen molar-refractivity contribution in [3.63, 3.8) is 0 Å². The van der Waals surface area contributed by atoms with Crippen molar-refractivity contribution in [2.75, 3.05) is 0 Å². The highest BCUT2D eigenvalue weighted by Crippen LogP contribution is 2.29. The summed E-state index contributed by atoms with van der Waals surface area (Å²) < 4.78 is 5.62. The Morgan fingerprint density at radius 2 is 2.04 bits per heavy atom. The Kier molecular flexibility index (Phi) is 3.79. The predicted octanol–water partition coefficient (Wildman–Crippen LogP) is 3.28. The molecule has 1 saturated heterocycles. The third-order valence-corrected chi connectivity index (χ3v) is 4.11. The van der Waals surface area contributed by atoms with Crippen LogP contribution in [0, 0.1) is 6.92 Å². The van der Waals surface area contributed by atoms with Crippen LogP contribution in [0.4, 0.5) is 4.79 Å². The van der Waals surface area contributed by atoms with Crippen LogP contribution in [0.15, 0.2) is 39.7 Å². The number of furan rings is 1. The number of nitrogens with one attached hydrogen (secondary N) is 1. The molecule has 2 amide bonds. The van der Waals surface area contributed by atoms with Crippen LogP contribution in [0.5, 0.6) is 0 Å². The quantitative estimate of drug-likeness (QED) is 0.839. The molecule has 0 spiro atoms. The molecule has 1 aliphatic heterocycles. The zero-order chi connectivity index (χ0) is 16.6. The zero-order valence-corrected chi connectivity index (χ0v) is 12.8. The molecule has 0 saturated carbocycles. The van der Waals surface area contributed by atoms with E-state index in [1.807, 2.05) is 0 Å². The highest BCUT2D eigenvalue weighted by Gasteiger charge is 2.25. The second-order valence-electron chi connectivity index (χ2n) is 4.89. The maximum atomic E-state index is 11.5. The molecule has 7 heteroatoms. The Morgan fingerprint density at radius 3 is 2.70 bits per heavy atom. The number of carbonyl (C=O) groups excluding carboxylic acids is 2. The molecule has 2 aromatic rings. The van der Waals surface area contributed by atoms with Gasteiger partial charge in [0.1, 0.15) is 11.5 Å². The fourth-order valence-corrected chi connectivity index (χ4v) is 2.80. The van der Waals surface area contributed by atoms with E-state index >= 15 is 0 Å². The molecule has 1 fully saturated rings. The average molecular weight is 329 g/mol. The highest BCUT2D eigenvalue weighted by atomic mass is 32.2. The molecular weight excluding hydrogens is 318 g/mol. The largest absolute Gasteiger partial charge is 0.478 e. The summed E-state index contributed by atoms with van der Waals surface area (Å²) in [6.45, 7) is 1.72. The second-order valence-corrected chi connectivity index (χ2v) is 5.90. The predicted molar refractivity (Wildman–Crippen MR) is 84.9 cm³/mol. The molecule has 116 valence electrons. The molecule has 0 atom stereocenters. The number of benzene rings is 1. The van der Waals surface area contributed by atoms with Crippen molar-refractivity contribution in [1.29, 1.82) is 0 Å². The van der Waals surface area contributed by atoms with Gasteiger partial charge in [-0.15, -0.1) is 0 Å². The lowest BCUT2D eigenvalue weighted by atomic mass is 10.0. The molecule has 2 N–H and O–H groups in total. The lowest BCUT2D eigenvalue weighted by molar-refractivity contribution is -0.115. The number of carboxylic acid groups (broad SMARTS) is 1. The van der Waals surface area contributed by atoms with Crippen molar-refractivity contribution >= 4 is 35.0 Å². The van der Waals surface area contributed by atoms with Gasteiger partial charge in [-0.3, -0.25) is 14.9 Å². The van der Waals surface area contributed by atoms with Crippen molar-refractivity contribution in [3.05, 3.63) is 52.1 Å². The van der Waals surface area contributed by atoms with Gasteiger partial charge in [-0.25, -0.2) is 4.79 Å². The number of aromatic carboxylic acids is 1. The van der Waals surface area contributed by atoms with Crippen LogP contribution in [0.1, 0.15) is 21.7 Å².